The highest BCUT2D eigenvalue weighted by Crippen LogP contribution is 2.16. The third-order valence-corrected chi connectivity index (χ3v) is 2.29. The number of fused-ring (bicyclic) bond motifs is 1. The van der Waals surface area contributed by atoms with Crippen LogP contribution in [0.15, 0.2) is 12.3 Å². The summed E-state index contributed by atoms with van der Waals surface area (Å²) in [7, 11) is 0. The Bertz CT molecular complexity index is 295. The fraction of sp³-hybridized carbons (Fsp3) is 0.286. The van der Waals surface area contributed by atoms with E-state index in [0.717, 1.165) is 5.01 Å². The number of hydrogen-bond acceptors (Lipinski definition) is 2. The van der Waals surface area contributed by atoms with Crippen LogP contribution in [0.2, 0.25) is 0 Å². The Hall–Kier alpha value is -0.830. The van der Waals surface area contributed by atoms with Crippen molar-refractivity contribution >= 4 is 16.2 Å². The molecule has 0 aromatic carbocycles. The Kier molecular flexibility index (Phi) is 1.08. The minimum absolute atomic E-state index is 1.12. The Labute approximate surface area is 63.1 Å². The summed E-state index contributed by atoms with van der Waals surface area (Å²) in [6.45, 7) is 4.10. The van der Waals surface area contributed by atoms with Crippen molar-refractivity contribution in [2.24, 2.45) is 0 Å². The van der Waals surface area contributed by atoms with Gasteiger partial charge in [0.1, 0.15) is 9.84 Å². The highest BCUT2D eigenvalue weighted by molar-refractivity contribution is 7.17. The Morgan fingerprint density at radius 3 is 3.00 bits per heavy atom. The molecule has 2 aromatic heterocycles. The van der Waals surface area contributed by atoms with E-state index in [0.29, 0.717) is 0 Å². The maximum absolute atomic E-state index is 4.27. The van der Waals surface area contributed by atoms with Crippen molar-refractivity contribution in [2.45, 2.75) is 13.8 Å². The maximum atomic E-state index is 4.27. The van der Waals surface area contributed by atoms with Crippen molar-refractivity contribution in [2.75, 3.05) is 0 Å². The van der Waals surface area contributed by atoms with Gasteiger partial charge < -0.3 is 0 Å². The molecule has 0 aliphatic heterocycles. The zero-order valence-electron chi connectivity index (χ0n) is 5.96. The molecule has 0 aliphatic rings. The maximum Gasteiger partial charge on any atom is 0.119 e. The Morgan fingerprint density at radius 1 is 1.50 bits per heavy atom. The lowest BCUT2D eigenvalue weighted by Gasteiger charge is -1.76. The third kappa shape index (κ3) is 0.743. The summed E-state index contributed by atoms with van der Waals surface area (Å²) >= 11 is 1.72. The molecule has 0 atom stereocenters. The van der Waals surface area contributed by atoms with Crippen LogP contribution in [-0.4, -0.2) is 9.61 Å². The molecular formula is C7H8N2S. The summed E-state index contributed by atoms with van der Waals surface area (Å²) in [5, 5.41) is 5.39. The van der Waals surface area contributed by atoms with E-state index >= 15 is 0 Å². The summed E-state index contributed by atoms with van der Waals surface area (Å²) < 4.78 is 1.93. The van der Waals surface area contributed by atoms with E-state index in [1.54, 1.807) is 11.3 Å². The molecule has 0 radical (unpaired) electrons. The van der Waals surface area contributed by atoms with Gasteiger partial charge in [-0.2, -0.15) is 5.10 Å². The van der Waals surface area contributed by atoms with E-state index in [-0.39, 0.29) is 0 Å². The van der Waals surface area contributed by atoms with Gasteiger partial charge in [0.15, 0.2) is 0 Å². The molecule has 52 valence electrons. The Morgan fingerprint density at radius 2 is 2.30 bits per heavy atom. The first-order valence-electron chi connectivity index (χ1n) is 3.18. The van der Waals surface area contributed by atoms with Gasteiger partial charge in [-0.05, 0) is 25.5 Å². The first-order valence-corrected chi connectivity index (χ1v) is 4.00. The predicted molar refractivity (Wildman–Crippen MR) is 42.5 cm³/mol. The normalized spacial score (nSPS) is 11.0. The van der Waals surface area contributed by atoms with Crippen LogP contribution in [0.4, 0.5) is 0 Å². The van der Waals surface area contributed by atoms with E-state index in [4.69, 9.17) is 0 Å². The molecule has 0 saturated carbocycles. The lowest BCUT2D eigenvalue weighted by Crippen LogP contribution is -1.78. The van der Waals surface area contributed by atoms with Crippen LogP contribution in [0.3, 0.4) is 0 Å². The van der Waals surface area contributed by atoms with E-state index in [1.807, 2.05) is 17.6 Å². The zero-order valence-corrected chi connectivity index (χ0v) is 6.77. The number of hydrogen-bond donors (Lipinski definition) is 0. The van der Waals surface area contributed by atoms with Gasteiger partial charge in [0.05, 0.1) is 0 Å². The lowest BCUT2D eigenvalue weighted by atomic mass is 10.4. The molecule has 2 rings (SSSR count). The molecule has 0 spiro atoms. The summed E-state index contributed by atoms with van der Waals surface area (Å²) in [6.07, 6.45) is 2.04. The molecule has 2 heterocycles. The second-order valence-corrected chi connectivity index (χ2v) is 3.63. The van der Waals surface area contributed by atoms with E-state index in [1.165, 1.54) is 10.4 Å². The molecule has 0 bridgehead atoms. The molecule has 0 saturated heterocycles. The van der Waals surface area contributed by atoms with E-state index in [9.17, 15) is 0 Å². The van der Waals surface area contributed by atoms with Crippen molar-refractivity contribution in [3.8, 4) is 0 Å². The van der Waals surface area contributed by atoms with Gasteiger partial charge in [-0.3, -0.25) is 0 Å². The number of aromatic nitrogens is 2. The van der Waals surface area contributed by atoms with Crippen LogP contribution >= 0.6 is 11.3 Å². The number of aryl methyl sites for hydroxylation is 2. The van der Waals surface area contributed by atoms with Gasteiger partial charge >= 0.3 is 0 Å². The van der Waals surface area contributed by atoms with E-state index in [2.05, 4.69) is 18.1 Å². The molecule has 3 heteroatoms. The van der Waals surface area contributed by atoms with Crippen LogP contribution < -0.4 is 0 Å². The van der Waals surface area contributed by atoms with Gasteiger partial charge in [0.25, 0.3) is 0 Å². The first-order chi connectivity index (χ1) is 4.75. The highest BCUT2D eigenvalue weighted by atomic mass is 32.1. The fourth-order valence-corrected chi connectivity index (χ4v) is 1.90. The van der Waals surface area contributed by atoms with Gasteiger partial charge in [-0.1, -0.05) is 11.3 Å². The van der Waals surface area contributed by atoms with Gasteiger partial charge in [0, 0.05) is 6.20 Å². The molecule has 2 nitrogen and oxygen atoms in total. The standard InChI is InChI=1S/C7H8N2S/c1-5-3-7-9(4-5)8-6(2)10-7/h3-4H,1-2H3. The van der Waals surface area contributed by atoms with Crippen molar-refractivity contribution in [3.63, 3.8) is 0 Å². The minimum atomic E-state index is 1.12. The summed E-state index contributed by atoms with van der Waals surface area (Å²) in [4.78, 5) is 1.23. The van der Waals surface area contributed by atoms with Crippen molar-refractivity contribution in [3.05, 3.63) is 22.8 Å². The Balaban J connectivity index is 2.83. The minimum Gasteiger partial charge on any atom is -0.230 e. The molecule has 0 aliphatic carbocycles. The number of rotatable bonds is 0. The average Bonchev–Trinajstić information content (AvgIpc) is 2.21. The topological polar surface area (TPSA) is 17.3 Å². The molecule has 0 fully saturated rings. The molecule has 0 amide bonds. The quantitative estimate of drug-likeness (QED) is 0.564. The monoisotopic (exact) mass is 152 g/mol. The highest BCUT2D eigenvalue weighted by Gasteiger charge is 1.98. The SMILES string of the molecule is Cc1cc2sc(C)nn2c1. The van der Waals surface area contributed by atoms with Crippen LogP contribution in [0.1, 0.15) is 10.6 Å². The molecule has 2 aromatic rings. The molecule has 10 heavy (non-hydrogen) atoms. The summed E-state index contributed by atoms with van der Waals surface area (Å²) in [5.74, 6) is 0. The summed E-state index contributed by atoms with van der Waals surface area (Å²) in [6, 6.07) is 2.14. The van der Waals surface area contributed by atoms with E-state index < -0.39 is 0 Å². The number of nitrogens with zero attached hydrogens (tertiary/aromatic N) is 2. The smallest absolute Gasteiger partial charge is 0.119 e. The first kappa shape index (κ1) is 5.92. The van der Waals surface area contributed by atoms with Gasteiger partial charge in [-0.25, -0.2) is 4.52 Å². The fourth-order valence-electron chi connectivity index (χ4n) is 1.03. The molecule has 0 N–H and O–H groups in total. The van der Waals surface area contributed by atoms with Crippen molar-refractivity contribution in [1.29, 1.82) is 0 Å². The van der Waals surface area contributed by atoms with Crippen molar-refractivity contribution in [1.82, 2.24) is 9.61 Å². The predicted octanol–water partition coefficient (Wildman–Crippen LogP) is 2.01. The molecule has 0 unspecified atom stereocenters. The summed E-state index contributed by atoms with van der Waals surface area (Å²) in [5.41, 5.74) is 1.28. The van der Waals surface area contributed by atoms with Crippen LogP contribution in [0, 0.1) is 13.8 Å². The van der Waals surface area contributed by atoms with Crippen LogP contribution in [0.25, 0.3) is 4.83 Å². The zero-order chi connectivity index (χ0) is 7.14. The second-order valence-electron chi connectivity index (χ2n) is 2.42. The largest absolute Gasteiger partial charge is 0.230 e. The lowest BCUT2D eigenvalue weighted by molar-refractivity contribution is 0.945. The van der Waals surface area contributed by atoms with Gasteiger partial charge in [0.2, 0.25) is 0 Å². The van der Waals surface area contributed by atoms with Crippen LogP contribution in [0.5, 0.6) is 0 Å². The average molecular weight is 152 g/mol. The molecular weight excluding hydrogens is 144 g/mol. The van der Waals surface area contributed by atoms with Crippen LogP contribution in [-0.2, 0) is 0 Å². The third-order valence-electron chi connectivity index (χ3n) is 1.40. The van der Waals surface area contributed by atoms with Gasteiger partial charge in [-0.15, -0.1) is 0 Å². The van der Waals surface area contributed by atoms with Crippen molar-refractivity contribution < 1.29 is 0 Å². The second kappa shape index (κ2) is 1.83.